The van der Waals surface area contributed by atoms with E-state index in [1.807, 2.05) is 13.8 Å². The zero-order valence-electron chi connectivity index (χ0n) is 16.8. The molecule has 0 aliphatic rings. The highest BCUT2D eigenvalue weighted by Gasteiger charge is 2.10. The summed E-state index contributed by atoms with van der Waals surface area (Å²) in [6.07, 6.45) is 2.95. The van der Waals surface area contributed by atoms with Crippen LogP contribution >= 0.6 is 0 Å². The molecule has 0 saturated heterocycles. The van der Waals surface area contributed by atoms with Crippen LogP contribution < -0.4 is 16.0 Å². The van der Waals surface area contributed by atoms with E-state index in [1.54, 1.807) is 24.3 Å². The lowest BCUT2D eigenvalue weighted by atomic mass is 10.1. The molecule has 0 saturated carbocycles. The van der Waals surface area contributed by atoms with Gasteiger partial charge < -0.3 is 16.0 Å². The second-order valence-corrected chi connectivity index (χ2v) is 6.91. The normalized spacial score (nSPS) is 10.3. The van der Waals surface area contributed by atoms with Crippen molar-refractivity contribution in [1.82, 2.24) is 9.97 Å². The average Bonchev–Trinajstić information content (AvgIpc) is 2.65. The number of hydrogen-bond acceptors (Lipinski definition) is 5. The van der Waals surface area contributed by atoms with E-state index < -0.39 is 0 Å². The lowest BCUT2D eigenvalue weighted by Crippen LogP contribution is -2.13. The summed E-state index contributed by atoms with van der Waals surface area (Å²) in [5, 5.41) is 8.67. The standard InChI is InChI=1S/C22H23N5O2/c1-13-8-14(2)20(15(3)9-13)27-22-23-11-17(12-24-22)21(29)26-19-7-5-6-18(10-19)25-16(4)28/h5-12H,1-4H3,(H,25,28)(H,26,29)(H,23,24,27). The number of nitrogens with zero attached hydrogens (tertiary/aromatic N) is 2. The second kappa shape index (κ2) is 8.52. The van der Waals surface area contributed by atoms with Crippen molar-refractivity contribution in [1.29, 1.82) is 0 Å². The van der Waals surface area contributed by atoms with Crippen LogP contribution in [0, 0.1) is 20.8 Å². The lowest BCUT2D eigenvalue weighted by Gasteiger charge is -2.13. The van der Waals surface area contributed by atoms with Gasteiger partial charge in [-0.3, -0.25) is 9.59 Å². The van der Waals surface area contributed by atoms with Gasteiger partial charge in [-0.1, -0.05) is 23.8 Å². The highest BCUT2D eigenvalue weighted by molar-refractivity contribution is 6.04. The molecule has 0 atom stereocenters. The van der Waals surface area contributed by atoms with Gasteiger partial charge in [-0.15, -0.1) is 0 Å². The predicted molar refractivity (Wildman–Crippen MR) is 115 cm³/mol. The molecule has 7 nitrogen and oxygen atoms in total. The number of aryl methyl sites for hydroxylation is 3. The van der Waals surface area contributed by atoms with Gasteiger partial charge in [0, 0.05) is 36.4 Å². The SMILES string of the molecule is CC(=O)Nc1cccc(NC(=O)c2cnc(Nc3c(C)cc(C)cc3C)nc2)c1. The largest absolute Gasteiger partial charge is 0.326 e. The van der Waals surface area contributed by atoms with Crippen molar-refractivity contribution < 1.29 is 9.59 Å². The molecule has 0 fully saturated rings. The van der Waals surface area contributed by atoms with E-state index in [2.05, 4.69) is 45.0 Å². The second-order valence-electron chi connectivity index (χ2n) is 6.91. The molecule has 3 rings (SSSR count). The van der Waals surface area contributed by atoms with Crippen LogP contribution in [0.3, 0.4) is 0 Å². The first-order chi connectivity index (χ1) is 13.8. The highest BCUT2D eigenvalue weighted by atomic mass is 16.2. The quantitative estimate of drug-likeness (QED) is 0.603. The van der Waals surface area contributed by atoms with Crippen molar-refractivity contribution in [3.8, 4) is 0 Å². The number of aromatic nitrogens is 2. The number of amides is 2. The van der Waals surface area contributed by atoms with Crippen LogP contribution in [0.4, 0.5) is 23.0 Å². The molecule has 7 heteroatoms. The van der Waals surface area contributed by atoms with E-state index in [0.717, 1.165) is 16.8 Å². The summed E-state index contributed by atoms with van der Waals surface area (Å²) in [7, 11) is 0. The maximum absolute atomic E-state index is 12.5. The number of rotatable bonds is 5. The molecule has 1 heterocycles. The van der Waals surface area contributed by atoms with Gasteiger partial charge in [-0.2, -0.15) is 0 Å². The minimum atomic E-state index is -0.334. The fraction of sp³-hybridized carbons (Fsp3) is 0.182. The Morgan fingerprint density at radius 2 is 1.45 bits per heavy atom. The van der Waals surface area contributed by atoms with E-state index in [1.165, 1.54) is 24.9 Å². The van der Waals surface area contributed by atoms with E-state index in [4.69, 9.17) is 0 Å². The third-order valence-electron chi connectivity index (χ3n) is 4.27. The Bertz CT molecular complexity index is 1040. The summed E-state index contributed by atoms with van der Waals surface area (Å²) >= 11 is 0. The number of carbonyl (C=O) groups excluding carboxylic acids is 2. The van der Waals surface area contributed by atoms with Crippen molar-refractivity contribution in [2.24, 2.45) is 0 Å². The Kier molecular flexibility index (Phi) is 5.87. The summed E-state index contributed by atoms with van der Waals surface area (Å²) in [4.78, 5) is 32.1. The van der Waals surface area contributed by atoms with Gasteiger partial charge in [0.15, 0.2) is 0 Å². The fourth-order valence-electron chi connectivity index (χ4n) is 3.08. The van der Waals surface area contributed by atoms with Crippen LogP contribution in [-0.2, 0) is 4.79 Å². The Morgan fingerprint density at radius 3 is 2.03 bits per heavy atom. The van der Waals surface area contributed by atoms with Crippen molar-refractivity contribution >= 4 is 34.8 Å². The van der Waals surface area contributed by atoms with Crippen molar-refractivity contribution in [2.45, 2.75) is 27.7 Å². The zero-order valence-corrected chi connectivity index (χ0v) is 16.8. The molecule has 0 aliphatic carbocycles. The smallest absolute Gasteiger partial charge is 0.258 e. The average molecular weight is 389 g/mol. The molecule has 0 spiro atoms. The van der Waals surface area contributed by atoms with Gasteiger partial charge in [-0.25, -0.2) is 9.97 Å². The van der Waals surface area contributed by atoms with Crippen LogP contribution in [0.25, 0.3) is 0 Å². The maximum Gasteiger partial charge on any atom is 0.258 e. The van der Waals surface area contributed by atoms with Gasteiger partial charge in [0.1, 0.15) is 0 Å². The minimum absolute atomic E-state index is 0.177. The minimum Gasteiger partial charge on any atom is -0.326 e. The highest BCUT2D eigenvalue weighted by Crippen LogP contribution is 2.24. The third-order valence-corrected chi connectivity index (χ3v) is 4.27. The monoisotopic (exact) mass is 389 g/mol. The number of anilines is 4. The molecular weight excluding hydrogens is 366 g/mol. The lowest BCUT2D eigenvalue weighted by molar-refractivity contribution is -0.114. The molecule has 3 aromatic rings. The summed E-state index contributed by atoms with van der Waals surface area (Å²) in [6, 6.07) is 11.1. The molecule has 2 aromatic carbocycles. The number of benzene rings is 2. The molecule has 0 aliphatic heterocycles. The Hall–Kier alpha value is -3.74. The number of nitrogens with one attached hydrogen (secondary N) is 3. The summed E-state index contributed by atoms with van der Waals surface area (Å²) in [5.41, 5.74) is 5.87. The Morgan fingerprint density at radius 1 is 0.862 bits per heavy atom. The molecule has 3 N–H and O–H groups in total. The Labute approximate surface area is 169 Å². The maximum atomic E-state index is 12.5. The molecule has 1 aromatic heterocycles. The molecule has 0 unspecified atom stereocenters. The zero-order chi connectivity index (χ0) is 21.0. The predicted octanol–water partition coefficient (Wildman–Crippen LogP) is 4.36. The molecule has 0 radical (unpaired) electrons. The molecule has 29 heavy (non-hydrogen) atoms. The molecule has 148 valence electrons. The summed E-state index contributed by atoms with van der Waals surface area (Å²) in [6.45, 7) is 7.54. The van der Waals surface area contributed by atoms with Gasteiger partial charge in [-0.05, 0) is 50.1 Å². The van der Waals surface area contributed by atoms with Crippen molar-refractivity contribution in [2.75, 3.05) is 16.0 Å². The topological polar surface area (TPSA) is 96.0 Å². The van der Waals surface area contributed by atoms with Gasteiger partial charge in [0.2, 0.25) is 11.9 Å². The Balaban J connectivity index is 1.70. The van der Waals surface area contributed by atoms with Crippen molar-refractivity contribution in [3.05, 3.63) is 71.0 Å². The van der Waals surface area contributed by atoms with Crippen LogP contribution in [0.2, 0.25) is 0 Å². The van der Waals surface area contributed by atoms with Gasteiger partial charge >= 0.3 is 0 Å². The van der Waals surface area contributed by atoms with Crippen LogP contribution in [0.5, 0.6) is 0 Å². The van der Waals surface area contributed by atoms with E-state index in [-0.39, 0.29) is 11.8 Å². The first-order valence-electron chi connectivity index (χ1n) is 9.18. The molecule has 2 amide bonds. The fourth-order valence-corrected chi connectivity index (χ4v) is 3.08. The van der Waals surface area contributed by atoms with Crippen LogP contribution in [0.1, 0.15) is 34.0 Å². The van der Waals surface area contributed by atoms with Gasteiger partial charge in [0.05, 0.1) is 5.56 Å². The third kappa shape index (κ3) is 5.16. The van der Waals surface area contributed by atoms with E-state index in [0.29, 0.717) is 22.9 Å². The van der Waals surface area contributed by atoms with Crippen LogP contribution in [0.15, 0.2) is 48.8 Å². The first kappa shape index (κ1) is 20.0. The number of hydrogen-bond donors (Lipinski definition) is 3. The molecular formula is C22H23N5O2. The molecule has 0 bridgehead atoms. The van der Waals surface area contributed by atoms with E-state index >= 15 is 0 Å². The summed E-state index contributed by atoms with van der Waals surface area (Å²) in [5.74, 6) is -0.0903. The van der Waals surface area contributed by atoms with E-state index in [9.17, 15) is 9.59 Å². The number of carbonyl (C=O) groups is 2. The van der Waals surface area contributed by atoms with Crippen LogP contribution in [-0.4, -0.2) is 21.8 Å². The first-order valence-corrected chi connectivity index (χ1v) is 9.18. The van der Waals surface area contributed by atoms with Gasteiger partial charge in [0.25, 0.3) is 5.91 Å². The summed E-state index contributed by atoms with van der Waals surface area (Å²) < 4.78 is 0. The van der Waals surface area contributed by atoms with Crippen molar-refractivity contribution in [3.63, 3.8) is 0 Å².